The van der Waals surface area contributed by atoms with Gasteiger partial charge in [-0.3, -0.25) is 30.9 Å². The molecule has 45 heavy (non-hydrogen) atoms. The molecule has 0 aromatic carbocycles. The van der Waals surface area contributed by atoms with Gasteiger partial charge < -0.3 is 55.2 Å². The molecule has 0 unspecified atom stereocenters. The summed E-state index contributed by atoms with van der Waals surface area (Å²) in [4.78, 5) is 2.29. The number of nitrogens with zero attached hydrogens (tertiary/aromatic N) is 23. The molecule has 3 aromatic rings. The minimum Gasteiger partial charge on any atom is -0.870 e. The summed E-state index contributed by atoms with van der Waals surface area (Å²) in [6.07, 6.45) is 1.22. The Labute approximate surface area is 387 Å². The molecule has 0 bridgehead atoms. The van der Waals surface area contributed by atoms with E-state index in [1.54, 1.807) is 6.07 Å². The van der Waals surface area contributed by atoms with Crippen molar-refractivity contribution in [3.63, 3.8) is 0 Å². The summed E-state index contributed by atoms with van der Waals surface area (Å²) in [5, 5.41) is 89.1. The Morgan fingerprint density at radius 1 is 0.667 bits per heavy atom. The van der Waals surface area contributed by atoms with Crippen LogP contribution in [0.1, 0.15) is 5.82 Å². The van der Waals surface area contributed by atoms with Crippen molar-refractivity contribution in [3.05, 3.63) is 23.8 Å². The fourth-order valence-electron chi connectivity index (χ4n) is 1.39. The largest absolute Gasteiger partial charge is 1.00 e. The molecule has 0 radical (unpaired) electrons. The zero-order chi connectivity index (χ0) is 26.2. The summed E-state index contributed by atoms with van der Waals surface area (Å²) in [6, 6.07) is 1.66. The van der Waals surface area contributed by atoms with Gasteiger partial charge in [0.05, 0.1) is 0 Å². The molecule has 0 atom stereocenters. The van der Waals surface area contributed by atoms with E-state index in [-0.39, 0.29) is 218 Å². The molecule has 5 heterocycles. The van der Waals surface area contributed by atoms with Crippen molar-refractivity contribution in [2.45, 2.75) is 0 Å². The first-order chi connectivity index (χ1) is 17.3. The molecule has 8 N–H and O–H groups in total. The van der Waals surface area contributed by atoms with Crippen LogP contribution in [0, 0.1) is 53.0 Å². The third kappa shape index (κ3) is 35.7. The summed E-state index contributed by atoms with van der Waals surface area (Å²) in [5.74, 6) is 0.495. The average Bonchev–Trinajstić information content (AvgIpc) is 3.78. The first-order valence-electron chi connectivity index (χ1n) is 7.85. The second kappa shape index (κ2) is 55.4. The van der Waals surface area contributed by atoms with E-state index in [0.29, 0.717) is 13.1 Å². The SMILES string of the molecule is C#N.C1N=NN=C1C1=NN=NC1.N.N.N#Cc1nnn[n-]1.[C-]#N.[C-]#[N+]C#N.[Na+].[Na+].[Na+].[Na+].[Na+].[Na+].[OH-].[OH-].n1n[n-]c(-c2nnn[n-]2)n1. The number of aromatic nitrogens is 12. The Hall–Kier alpha value is -0.960. The molecule has 0 saturated heterocycles. The van der Waals surface area contributed by atoms with E-state index >= 15 is 0 Å². The van der Waals surface area contributed by atoms with E-state index in [2.05, 4.69) is 104 Å². The predicted octanol–water partition coefficient (Wildman–Crippen LogP) is -20.4. The Bertz CT molecular complexity index is 1190. The van der Waals surface area contributed by atoms with E-state index in [4.69, 9.17) is 34.2 Å². The van der Waals surface area contributed by atoms with Crippen LogP contribution in [0.3, 0.4) is 0 Å². The molecule has 0 amide bonds. The van der Waals surface area contributed by atoms with Gasteiger partial charge in [0.2, 0.25) is 0 Å². The van der Waals surface area contributed by atoms with Gasteiger partial charge in [0, 0.05) is 23.5 Å². The van der Waals surface area contributed by atoms with Gasteiger partial charge in [-0.05, 0) is 10.4 Å². The molecule has 27 nitrogen and oxygen atoms in total. The molecule has 5 rings (SSSR count). The third-order valence-electron chi connectivity index (χ3n) is 2.54. The maximum Gasteiger partial charge on any atom is 1.00 e. The van der Waals surface area contributed by atoms with Crippen molar-refractivity contribution in [1.82, 2.24) is 74.2 Å². The maximum atomic E-state index is 7.97. The van der Waals surface area contributed by atoms with Crippen molar-refractivity contribution in [2.75, 3.05) is 13.1 Å². The molecular formula is C12H13N25Na6O2. The molecule has 33 heteroatoms. The fraction of sp³-hybridized carbons (Fsp3) is 0.167. The van der Waals surface area contributed by atoms with Crippen molar-refractivity contribution in [3.8, 4) is 30.5 Å². The van der Waals surface area contributed by atoms with Crippen LogP contribution in [-0.4, -0.2) is 82.0 Å². The van der Waals surface area contributed by atoms with Crippen molar-refractivity contribution >= 4 is 11.4 Å². The number of hydrogen-bond acceptors (Lipinski definition) is 23. The van der Waals surface area contributed by atoms with E-state index in [1.807, 2.05) is 0 Å². The summed E-state index contributed by atoms with van der Waals surface area (Å²) in [7, 11) is 0. The summed E-state index contributed by atoms with van der Waals surface area (Å²) >= 11 is 0. The Kier molecular flexibility index (Phi) is 92.1. The molecular weight excluding hydrogens is 664 g/mol. The third-order valence-corrected chi connectivity index (χ3v) is 2.54. The normalized spacial score (nSPS) is 8.56. The van der Waals surface area contributed by atoms with Crippen LogP contribution in [-0.2, 0) is 0 Å². The van der Waals surface area contributed by atoms with Crippen LogP contribution in [0.2, 0.25) is 0 Å². The molecule has 204 valence electrons. The smallest absolute Gasteiger partial charge is 0.870 e. The van der Waals surface area contributed by atoms with Gasteiger partial charge >= 0.3 is 184 Å². The summed E-state index contributed by atoms with van der Waals surface area (Å²) in [6.45, 7) is 15.0. The van der Waals surface area contributed by atoms with Crippen LogP contribution in [0.15, 0.2) is 30.9 Å². The fourth-order valence-corrected chi connectivity index (χ4v) is 1.39. The Morgan fingerprint density at radius 3 is 1.18 bits per heavy atom. The first-order valence-corrected chi connectivity index (χ1v) is 7.85. The summed E-state index contributed by atoms with van der Waals surface area (Å²) in [5.41, 5.74) is 1.56. The van der Waals surface area contributed by atoms with Crippen molar-refractivity contribution in [2.24, 2.45) is 30.9 Å². The van der Waals surface area contributed by atoms with Crippen LogP contribution in [0.25, 0.3) is 16.5 Å². The van der Waals surface area contributed by atoms with Crippen LogP contribution in [0.4, 0.5) is 0 Å². The Morgan fingerprint density at radius 2 is 1.00 bits per heavy atom. The van der Waals surface area contributed by atoms with Crippen molar-refractivity contribution in [1.29, 1.82) is 21.0 Å². The van der Waals surface area contributed by atoms with Crippen LogP contribution >= 0.6 is 0 Å². The quantitative estimate of drug-likeness (QED) is 0.144. The zero-order valence-electron chi connectivity index (χ0n) is 25.1. The molecule has 0 spiro atoms. The molecule has 2 aliphatic heterocycles. The summed E-state index contributed by atoms with van der Waals surface area (Å²) < 4.78 is 0. The number of nitriles is 3. The van der Waals surface area contributed by atoms with E-state index < -0.39 is 0 Å². The predicted molar refractivity (Wildman–Crippen MR) is 115 cm³/mol. The standard InChI is InChI=1S/C4H4N6.C2N8.C2N5.C2N2.CHN.CN.2H3N.6Na.2H2O/c1-3(7-9-5-1)4-2-6-10-8-4;3-1(4-8-7-3)2-5-9-10-6-2;3-1-2-4-6-7-5-2;1-4-2-3;2*1-2;;;;;;;;;;/h1-2H2;;;;1H;;2*1H3;;;;;;;2*1H2/q;-2;-1;;;-1;;;6*+1;;/p-2. The first kappa shape index (κ1) is 74.7. The second-order valence-corrected chi connectivity index (χ2v) is 4.30. The van der Waals surface area contributed by atoms with E-state index in [9.17, 15) is 0 Å². The zero-order valence-corrected chi connectivity index (χ0v) is 37.1. The average molecular weight is 677 g/mol. The van der Waals surface area contributed by atoms with Gasteiger partial charge in [0.1, 0.15) is 36.4 Å². The number of hydrogen-bond donors (Lipinski definition) is 2. The molecule has 3 aromatic heterocycles. The van der Waals surface area contributed by atoms with Crippen molar-refractivity contribution < 1.29 is 188 Å². The van der Waals surface area contributed by atoms with E-state index in [1.165, 1.54) is 6.19 Å². The van der Waals surface area contributed by atoms with Gasteiger partial charge in [0.25, 0.3) is 0 Å². The van der Waals surface area contributed by atoms with E-state index in [0.717, 1.165) is 11.4 Å². The van der Waals surface area contributed by atoms with Crippen LogP contribution in [0.5, 0.6) is 0 Å². The number of tetrazole rings is 3. The van der Waals surface area contributed by atoms with Crippen LogP contribution < -0.4 is 205 Å². The molecule has 0 saturated carbocycles. The van der Waals surface area contributed by atoms with Gasteiger partial charge in [-0.25, -0.2) is 5.26 Å². The molecule has 0 aliphatic carbocycles. The van der Waals surface area contributed by atoms with Gasteiger partial charge in [-0.15, -0.1) is 10.2 Å². The van der Waals surface area contributed by atoms with Gasteiger partial charge in [0.15, 0.2) is 0 Å². The van der Waals surface area contributed by atoms with Gasteiger partial charge in [-0.2, -0.15) is 31.1 Å². The molecule has 0 fully saturated rings. The van der Waals surface area contributed by atoms with Gasteiger partial charge in [-0.1, -0.05) is 6.57 Å². The second-order valence-electron chi connectivity index (χ2n) is 4.30. The monoisotopic (exact) mass is 677 g/mol. The number of rotatable bonds is 2. The maximum absolute atomic E-state index is 7.97. The minimum atomic E-state index is 0. The Balaban J connectivity index is -0.0000000352. The topological polar surface area (TPSA) is 462 Å². The minimum absolute atomic E-state index is 0. The molecule has 2 aliphatic rings.